The second-order valence-corrected chi connectivity index (χ2v) is 6.81. The Morgan fingerprint density at radius 1 is 1.09 bits per heavy atom. The minimum Gasteiger partial charge on any atom is -0.376 e. The Kier molecular flexibility index (Phi) is 4.95. The summed E-state index contributed by atoms with van der Waals surface area (Å²) in [6.07, 6.45) is 1.07. The number of sulfone groups is 1. The van der Waals surface area contributed by atoms with Gasteiger partial charge in [-0.15, -0.1) is 0 Å². The number of carbonyl (C=O) groups excluding carboxylic acids is 1. The maximum Gasteiger partial charge on any atom is 0.243 e. The van der Waals surface area contributed by atoms with Crippen LogP contribution in [0.25, 0.3) is 0 Å². The lowest BCUT2D eigenvalue weighted by atomic mass is 10.3. The first kappa shape index (κ1) is 16.9. The molecule has 0 fully saturated rings. The van der Waals surface area contributed by atoms with E-state index in [1.807, 2.05) is 0 Å². The molecule has 0 saturated heterocycles. The number of hydrogen-bond donors (Lipinski definition) is 2. The number of rotatable bonds is 5. The van der Waals surface area contributed by atoms with E-state index in [-0.39, 0.29) is 11.4 Å². The number of anilines is 2. The van der Waals surface area contributed by atoms with Crippen LogP contribution >= 0.6 is 0 Å². The predicted molar refractivity (Wildman–Crippen MR) is 83.0 cm³/mol. The van der Waals surface area contributed by atoms with Crippen LogP contribution in [0.1, 0.15) is 0 Å². The summed E-state index contributed by atoms with van der Waals surface area (Å²) in [5.74, 6) is -2.42. The first-order chi connectivity index (χ1) is 10.8. The number of halogens is 2. The molecule has 122 valence electrons. The molecule has 5 nitrogen and oxygen atoms in total. The van der Waals surface area contributed by atoms with Crippen LogP contribution in [-0.4, -0.2) is 27.1 Å². The van der Waals surface area contributed by atoms with Crippen LogP contribution in [0.2, 0.25) is 0 Å². The number of hydrogen-bond acceptors (Lipinski definition) is 4. The molecule has 8 heteroatoms. The monoisotopic (exact) mass is 340 g/mol. The molecule has 1 amide bonds. The Morgan fingerprint density at radius 2 is 1.70 bits per heavy atom. The molecule has 0 saturated carbocycles. The van der Waals surface area contributed by atoms with Crippen LogP contribution in [0.3, 0.4) is 0 Å². The molecular weight excluding hydrogens is 326 g/mol. The summed E-state index contributed by atoms with van der Waals surface area (Å²) in [6, 6.07) is 9.14. The highest BCUT2D eigenvalue weighted by molar-refractivity contribution is 7.90. The maximum absolute atomic E-state index is 13.4. The largest absolute Gasteiger partial charge is 0.376 e. The van der Waals surface area contributed by atoms with Crippen molar-refractivity contribution in [1.82, 2.24) is 0 Å². The standard InChI is InChI=1S/C15H14F2N2O3S/c1-23(21,22)11-5-2-4-10(8-11)18-9-14(20)19-15-12(16)6-3-7-13(15)17/h2-8,18H,9H2,1H3,(H,19,20). The van der Waals surface area contributed by atoms with Gasteiger partial charge in [0.2, 0.25) is 5.91 Å². The van der Waals surface area contributed by atoms with E-state index in [0.717, 1.165) is 18.4 Å². The van der Waals surface area contributed by atoms with Gasteiger partial charge in [0.05, 0.1) is 11.4 Å². The lowest BCUT2D eigenvalue weighted by molar-refractivity contribution is -0.114. The second kappa shape index (κ2) is 6.74. The first-order valence-electron chi connectivity index (χ1n) is 6.55. The van der Waals surface area contributed by atoms with Crippen LogP contribution in [0.15, 0.2) is 47.4 Å². The van der Waals surface area contributed by atoms with E-state index in [1.165, 1.54) is 24.3 Å². The van der Waals surface area contributed by atoms with Gasteiger partial charge in [0, 0.05) is 11.9 Å². The smallest absolute Gasteiger partial charge is 0.243 e. The van der Waals surface area contributed by atoms with Gasteiger partial charge in [-0.3, -0.25) is 4.79 Å². The van der Waals surface area contributed by atoms with Crippen molar-refractivity contribution in [2.45, 2.75) is 4.90 Å². The molecular formula is C15H14F2N2O3S. The molecule has 2 aromatic carbocycles. The third-order valence-corrected chi connectivity index (χ3v) is 4.05. The normalized spacial score (nSPS) is 11.1. The van der Waals surface area contributed by atoms with Crippen LogP contribution in [0.4, 0.5) is 20.2 Å². The topological polar surface area (TPSA) is 75.3 Å². The second-order valence-electron chi connectivity index (χ2n) is 4.80. The molecule has 2 rings (SSSR count). The summed E-state index contributed by atoms with van der Waals surface area (Å²) < 4.78 is 49.7. The van der Waals surface area contributed by atoms with E-state index in [2.05, 4.69) is 10.6 Å². The van der Waals surface area contributed by atoms with Gasteiger partial charge in [0.15, 0.2) is 9.84 Å². The van der Waals surface area contributed by atoms with E-state index in [1.54, 1.807) is 6.07 Å². The quantitative estimate of drug-likeness (QED) is 0.876. The minimum atomic E-state index is -3.36. The molecule has 23 heavy (non-hydrogen) atoms. The SMILES string of the molecule is CS(=O)(=O)c1cccc(NCC(=O)Nc2c(F)cccc2F)c1. The Labute approximate surface area is 132 Å². The zero-order chi connectivity index (χ0) is 17.0. The molecule has 0 aliphatic rings. The zero-order valence-corrected chi connectivity index (χ0v) is 13.0. The summed E-state index contributed by atoms with van der Waals surface area (Å²) in [5, 5.41) is 4.82. The highest BCUT2D eigenvalue weighted by Gasteiger charge is 2.12. The van der Waals surface area contributed by atoms with Crippen molar-refractivity contribution in [2.75, 3.05) is 23.4 Å². The molecule has 0 unspecified atom stereocenters. The fraction of sp³-hybridized carbons (Fsp3) is 0.133. The van der Waals surface area contributed by atoms with E-state index < -0.39 is 33.1 Å². The number of amides is 1. The number of nitrogens with one attached hydrogen (secondary N) is 2. The van der Waals surface area contributed by atoms with Crippen LogP contribution in [0, 0.1) is 11.6 Å². The first-order valence-corrected chi connectivity index (χ1v) is 8.44. The molecule has 0 radical (unpaired) electrons. The Hall–Kier alpha value is -2.48. The van der Waals surface area contributed by atoms with Crippen molar-refractivity contribution >= 4 is 27.1 Å². The fourth-order valence-electron chi connectivity index (χ4n) is 1.82. The lowest BCUT2D eigenvalue weighted by Crippen LogP contribution is -2.23. The van der Waals surface area contributed by atoms with E-state index in [9.17, 15) is 22.0 Å². The molecule has 0 bridgehead atoms. The van der Waals surface area contributed by atoms with Crippen LogP contribution in [0.5, 0.6) is 0 Å². The Balaban J connectivity index is 2.03. The van der Waals surface area contributed by atoms with Gasteiger partial charge >= 0.3 is 0 Å². The van der Waals surface area contributed by atoms with Crippen molar-refractivity contribution in [3.8, 4) is 0 Å². The van der Waals surface area contributed by atoms with E-state index in [4.69, 9.17) is 0 Å². The number of carbonyl (C=O) groups is 1. The Morgan fingerprint density at radius 3 is 2.30 bits per heavy atom. The third kappa shape index (κ3) is 4.49. The third-order valence-electron chi connectivity index (χ3n) is 2.94. The van der Waals surface area contributed by atoms with Crippen LogP contribution in [-0.2, 0) is 14.6 Å². The molecule has 0 aliphatic heterocycles. The van der Waals surface area contributed by atoms with Crippen molar-refractivity contribution in [3.05, 3.63) is 54.1 Å². The number of benzene rings is 2. The van der Waals surface area contributed by atoms with E-state index >= 15 is 0 Å². The summed E-state index contributed by atoms with van der Waals surface area (Å²) in [4.78, 5) is 11.8. The molecule has 0 atom stereocenters. The molecule has 0 aliphatic carbocycles. The van der Waals surface area contributed by atoms with Crippen molar-refractivity contribution < 1.29 is 22.0 Å². The zero-order valence-electron chi connectivity index (χ0n) is 12.1. The fourth-order valence-corrected chi connectivity index (χ4v) is 2.49. The van der Waals surface area contributed by atoms with Gasteiger partial charge in [-0.25, -0.2) is 17.2 Å². The van der Waals surface area contributed by atoms with Crippen LogP contribution < -0.4 is 10.6 Å². The summed E-state index contributed by atoms with van der Waals surface area (Å²) >= 11 is 0. The molecule has 0 heterocycles. The van der Waals surface area contributed by atoms with E-state index in [0.29, 0.717) is 5.69 Å². The van der Waals surface area contributed by atoms with Gasteiger partial charge in [-0.05, 0) is 30.3 Å². The van der Waals surface area contributed by atoms with Gasteiger partial charge in [0.1, 0.15) is 17.3 Å². The molecule has 2 aromatic rings. The molecule has 2 N–H and O–H groups in total. The Bertz CT molecular complexity index is 818. The molecule has 0 aromatic heterocycles. The maximum atomic E-state index is 13.4. The van der Waals surface area contributed by atoms with Gasteiger partial charge in [0.25, 0.3) is 0 Å². The van der Waals surface area contributed by atoms with Gasteiger partial charge < -0.3 is 10.6 Å². The van der Waals surface area contributed by atoms with Gasteiger partial charge in [-0.1, -0.05) is 12.1 Å². The molecule has 0 spiro atoms. The number of para-hydroxylation sites is 1. The summed E-state index contributed by atoms with van der Waals surface area (Å²) in [6.45, 7) is -0.277. The average molecular weight is 340 g/mol. The lowest BCUT2D eigenvalue weighted by Gasteiger charge is -2.10. The van der Waals surface area contributed by atoms with Crippen molar-refractivity contribution in [1.29, 1.82) is 0 Å². The minimum absolute atomic E-state index is 0.100. The van der Waals surface area contributed by atoms with Gasteiger partial charge in [-0.2, -0.15) is 0 Å². The predicted octanol–water partition coefficient (Wildman–Crippen LogP) is 2.42. The highest BCUT2D eigenvalue weighted by Crippen LogP contribution is 2.18. The van der Waals surface area contributed by atoms with Crippen molar-refractivity contribution in [3.63, 3.8) is 0 Å². The van der Waals surface area contributed by atoms with Crippen molar-refractivity contribution in [2.24, 2.45) is 0 Å². The average Bonchev–Trinajstić information content (AvgIpc) is 2.48. The summed E-state index contributed by atoms with van der Waals surface area (Å²) in [5.41, 5.74) is -0.124. The highest BCUT2D eigenvalue weighted by atomic mass is 32.2. The summed E-state index contributed by atoms with van der Waals surface area (Å²) in [7, 11) is -3.36.